The van der Waals surface area contributed by atoms with E-state index in [4.69, 9.17) is 4.74 Å². The number of thiophene rings is 1. The zero-order valence-electron chi connectivity index (χ0n) is 15.6. The third-order valence-corrected chi connectivity index (χ3v) is 5.89. The smallest absolute Gasteiger partial charge is 0.232 e. The molecule has 144 valence electrons. The summed E-state index contributed by atoms with van der Waals surface area (Å²) in [5, 5.41) is 11.7. The SMILES string of the molecule is O=C(NC[C@H](c1ccsc1)n1cccn1)C1c2ccccc2Oc2ccccc21. The maximum absolute atomic E-state index is 13.4. The van der Waals surface area contributed by atoms with Gasteiger partial charge < -0.3 is 10.1 Å². The Kier molecular flexibility index (Phi) is 4.62. The van der Waals surface area contributed by atoms with Gasteiger partial charge in [0, 0.05) is 30.1 Å². The topological polar surface area (TPSA) is 56.2 Å². The third-order valence-electron chi connectivity index (χ3n) is 5.18. The molecule has 2 aromatic heterocycles. The van der Waals surface area contributed by atoms with Crippen molar-refractivity contribution in [1.29, 1.82) is 0 Å². The lowest BCUT2D eigenvalue weighted by atomic mass is 9.87. The molecule has 1 amide bonds. The highest BCUT2D eigenvalue weighted by Gasteiger charge is 2.32. The van der Waals surface area contributed by atoms with Gasteiger partial charge in [-0.15, -0.1) is 0 Å². The summed E-state index contributed by atoms with van der Waals surface area (Å²) in [6.07, 6.45) is 3.68. The van der Waals surface area contributed by atoms with Gasteiger partial charge >= 0.3 is 0 Å². The number of hydrogen-bond donors (Lipinski definition) is 1. The maximum atomic E-state index is 13.4. The molecular weight excluding hydrogens is 382 g/mol. The van der Waals surface area contributed by atoms with Gasteiger partial charge in [0.25, 0.3) is 0 Å². The first-order chi connectivity index (χ1) is 14.3. The van der Waals surface area contributed by atoms with E-state index in [0.29, 0.717) is 6.54 Å². The van der Waals surface area contributed by atoms with E-state index in [9.17, 15) is 4.79 Å². The fourth-order valence-electron chi connectivity index (χ4n) is 3.79. The first kappa shape index (κ1) is 17.7. The molecule has 0 bridgehead atoms. The molecule has 1 aliphatic heterocycles. The van der Waals surface area contributed by atoms with Crippen molar-refractivity contribution in [1.82, 2.24) is 15.1 Å². The Balaban J connectivity index is 1.44. The average Bonchev–Trinajstić information content (AvgIpc) is 3.47. The lowest BCUT2D eigenvalue weighted by Crippen LogP contribution is -2.36. The van der Waals surface area contributed by atoms with Crippen LogP contribution in [0.1, 0.15) is 28.7 Å². The molecule has 1 atom stereocenters. The zero-order chi connectivity index (χ0) is 19.6. The molecular formula is C23H19N3O2S. The van der Waals surface area contributed by atoms with Crippen molar-refractivity contribution in [3.8, 4) is 11.5 Å². The maximum Gasteiger partial charge on any atom is 0.232 e. The number of carbonyl (C=O) groups excluding carboxylic acids is 1. The van der Waals surface area contributed by atoms with E-state index in [-0.39, 0.29) is 11.9 Å². The highest BCUT2D eigenvalue weighted by molar-refractivity contribution is 7.08. The number of benzene rings is 2. The second-order valence-electron chi connectivity index (χ2n) is 6.91. The van der Waals surface area contributed by atoms with E-state index in [1.807, 2.05) is 70.9 Å². The van der Waals surface area contributed by atoms with Gasteiger partial charge in [0.15, 0.2) is 0 Å². The van der Waals surface area contributed by atoms with Gasteiger partial charge in [-0.25, -0.2) is 0 Å². The molecule has 6 heteroatoms. The minimum atomic E-state index is -0.406. The Bertz CT molecular complexity index is 1040. The van der Waals surface area contributed by atoms with Crippen molar-refractivity contribution in [2.24, 2.45) is 0 Å². The van der Waals surface area contributed by atoms with E-state index < -0.39 is 5.92 Å². The van der Waals surface area contributed by atoms with Crippen molar-refractivity contribution in [2.45, 2.75) is 12.0 Å². The highest BCUT2D eigenvalue weighted by Crippen LogP contribution is 2.43. The molecule has 0 saturated heterocycles. The van der Waals surface area contributed by atoms with Gasteiger partial charge in [0.1, 0.15) is 11.5 Å². The molecule has 5 nitrogen and oxygen atoms in total. The van der Waals surface area contributed by atoms with Crippen LogP contribution >= 0.6 is 11.3 Å². The molecule has 4 aromatic rings. The van der Waals surface area contributed by atoms with E-state index in [1.54, 1.807) is 17.5 Å². The van der Waals surface area contributed by atoms with Crippen LogP contribution in [0, 0.1) is 0 Å². The van der Waals surface area contributed by atoms with Crippen LogP contribution in [0.5, 0.6) is 11.5 Å². The number of nitrogens with one attached hydrogen (secondary N) is 1. The predicted octanol–water partition coefficient (Wildman–Crippen LogP) is 4.59. The molecule has 2 aromatic carbocycles. The number of para-hydroxylation sites is 2. The van der Waals surface area contributed by atoms with E-state index in [2.05, 4.69) is 21.9 Å². The van der Waals surface area contributed by atoms with Crippen LogP contribution in [-0.2, 0) is 4.79 Å². The Labute approximate surface area is 172 Å². The number of fused-ring (bicyclic) bond motifs is 2. The molecule has 0 fully saturated rings. The van der Waals surface area contributed by atoms with E-state index in [0.717, 1.165) is 28.2 Å². The number of amides is 1. The van der Waals surface area contributed by atoms with Crippen LogP contribution in [0.4, 0.5) is 0 Å². The monoisotopic (exact) mass is 401 g/mol. The van der Waals surface area contributed by atoms with Crippen LogP contribution in [-0.4, -0.2) is 22.2 Å². The molecule has 5 rings (SSSR count). The second kappa shape index (κ2) is 7.56. The van der Waals surface area contributed by atoms with Crippen LogP contribution < -0.4 is 10.1 Å². The van der Waals surface area contributed by atoms with Crippen molar-refractivity contribution < 1.29 is 9.53 Å². The zero-order valence-corrected chi connectivity index (χ0v) is 16.4. The summed E-state index contributed by atoms with van der Waals surface area (Å²) in [6, 6.07) is 19.4. The van der Waals surface area contributed by atoms with Gasteiger partial charge in [-0.2, -0.15) is 16.4 Å². The summed E-state index contributed by atoms with van der Waals surface area (Å²) >= 11 is 1.64. The lowest BCUT2D eigenvalue weighted by molar-refractivity contribution is -0.121. The molecule has 0 radical (unpaired) electrons. The molecule has 1 N–H and O–H groups in total. The number of aromatic nitrogens is 2. The summed E-state index contributed by atoms with van der Waals surface area (Å²) in [7, 11) is 0. The Morgan fingerprint density at radius 2 is 1.79 bits per heavy atom. The Morgan fingerprint density at radius 1 is 1.07 bits per heavy atom. The van der Waals surface area contributed by atoms with Crippen LogP contribution in [0.3, 0.4) is 0 Å². The average molecular weight is 401 g/mol. The lowest BCUT2D eigenvalue weighted by Gasteiger charge is -2.28. The minimum Gasteiger partial charge on any atom is -0.457 e. The molecule has 1 aliphatic rings. The number of hydrogen-bond acceptors (Lipinski definition) is 4. The third kappa shape index (κ3) is 3.32. The molecule has 29 heavy (non-hydrogen) atoms. The van der Waals surface area contributed by atoms with Crippen molar-refractivity contribution in [2.75, 3.05) is 6.54 Å². The highest BCUT2D eigenvalue weighted by atomic mass is 32.1. The van der Waals surface area contributed by atoms with Gasteiger partial charge in [-0.05, 0) is 40.6 Å². The van der Waals surface area contributed by atoms with Crippen molar-refractivity contribution in [3.05, 3.63) is 101 Å². The number of rotatable bonds is 5. The van der Waals surface area contributed by atoms with Crippen molar-refractivity contribution >= 4 is 17.2 Å². The summed E-state index contributed by atoms with van der Waals surface area (Å²) in [4.78, 5) is 13.4. The number of nitrogens with zero attached hydrogens (tertiary/aromatic N) is 2. The molecule has 0 spiro atoms. The summed E-state index contributed by atoms with van der Waals surface area (Å²) < 4.78 is 7.89. The largest absolute Gasteiger partial charge is 0.457 e. The molecule has 0 unspecified atom stereocenters. The molecule has 0 saturated carbocycles. The van der Waals surface area contributed by atoms with Crippen LogP contribution in [0.15, 0.2) is 83.8 Å². The second-order valence-corrected chi connectivity index (χ2v) is 7.69. The normalized spacial score (nSPS) is 13.8. The summed E-state index contributed by atoms with van der Waals surface area (Å²) in [6.45, 7) is 0.457. The summed E-state index contributed by atoms with van der Waals surface area (Å²) in [5.74, 6) is 1.01. The van der Waals surface area contributed by atoms with Gasteiger partial charge in [-0.3, -0.25) is 9.48 Å². The van der Waals surface area contributed by atoms with E-state index in [1.165, 1.54) is 0 Å². The molecule has 3 heterocycles. The van der Waals surface area contributed by atoms with Gasteiger partial charge in [-0.1, -0.05) is 36.4 Å². The standard InChI is InChI=1S/C23H19N3O2S/c27-23(24-14-19(16-10-13-29-15-16)26-12-5-11-25-26)22-17-6-1-3-8-20(17)28-21-9-4-2-7-18(21)22/h1-13,15,19,22H,14H2,(H,24,27)/t19-/m1/s1. The van der Waals surface area contributed by atoms with Crippen LogP contribution in [0.25, 0.3) is 0 Å². The van der Waals surface area contributed by atoms with Gasteiger partial charge in [0.2, 0.25) is 5.91 Å². The van der Waals surface area contributed by atoms with Crippen molar-refractivity contribution in [3.63, 3.8) is 0 Å². The minimum absolute atomic E-state index is 0.0411. The number of ether oxygens (including phenoxy) is 1. The first-order valence-corrected chi connectivity index (χ1v) is 10.4. The quantitative estimate of drug-likeness (QED) is 0.532. The Morgan fingerprint density at radius 3 is 2.41 bits per heavy atom. The first-order valence-electron chi connectivity index (χ1n) is 9.46. The fourth-order valence-corrected chi connectivity index (χ4v) is 4.49. The summed E-state index contributed by atoms with van der Waals surface area (Å²) in [5.41, 5.74) is 2.90. The Hall–Kier alpha value is -3.38. The number of carbonyl (C=O) groups is 1. The van der Waals surface area contributed by atoms with E-state index >= 15 is 0 Å². The predicted molar refractivity (Wildman–Crippen MR) is 112 cm³/mol. The van der Waals surface area contributed by atoms with Crippen LogP contribution in [0.2, 0.25) is 0 Å². The fraction of sp³-hybridized carbons (Fsp3) is 0.130. The van der Waals surface area contributed by atoms with Gasteiger partial charge in [0.05, 0.1) is 12.0 Å². The molecule has 0 aliphatic carbocycles.